The van der Waals surface area contributed by atoms with Crippen LogP contribution in [0.4, 0.5) is 0 Å². The molecule has 1 aromatic rings. The number of benzene rings is 1. The van der Waals surface area contributed by atoms with Crippen molar-refractivity contribution in [3.8, 4) is 0 Å². The summed E-state index contributed by atoms with van der Waals surface area (Å²) in [6, 6.07) is 11.5. The molecule has 2 unspecified atom stereocenters. The first-order valence-corrected chi connectivity index (χ1v) is 9.94. The van der Waals surface area contributed by atoms with E-state index in [0.717, 1.165) is 38.4 Å². The van der Waals surface area contributed by atoms with E-state index in [1.165, 1.54) is 5.56 Å². The number of hydrogen-bond acceptors (Lipinski definition) is 3. The number of hydrogen-bond donors (Lipinski definition) is 3. The van der Waals surface area contributed by atoms with Gasteiger partial charge in [-0.15, -0.1) is 0 Å². The van der Waals surface area contributed by atoms with Crippen LogP contribution < -0.4 is 16.4 Å². The largest absolute Gasteiger partial charge is 0.369 e. The molecule has 6 heteroatoms. The molecule has 0 radical (unpaired) electrons. The zero-order chi connectivity index (χ0) is 19.9. The molecular formula is C21H35N5O. The molecule has 0 bridgehead atoms. The molecule has 0 spiro atoms. The topological polar surface area (TPSA) is 82.7 Å². The van der Waals surface area contributed by atoms with E-state index in [9.17, 15) is 4.79 Å². The maximum Gasteiger partial charge on any atom is 0.224 e. The minimum absolute atomic E-state index is 0.329. The second kappa shape index (κ2) is 9.74. The van der Waals surface area contributed by atoms with Crippen molar-refractivity contribution in [1.29, 1.82) is 0 Å². The Labute approximate surface area is 163 Å². The molecule has 1 heterocycles. The van der Waals surface area contributed by atoms with Gasteiger partial charge in [0.25, 0.3) is 0 Å². The zero-order valence-corrected chi connectivity index (χ0v) is 17.2. The van der Waals surface area contributed by atoms with Gasteiger partial charge in [0, 0.05) is 31.7 Å². The van der Waals surface area contributed by atoms with Crippen molar-refractivity contribution in [2.24, 2.45) is 16.1 Å². The van der Waals surface area contributed by atoms with Crippen LogP contribution in [0.3, 0.4) is 0 Å². The number of nitrogens with zero attached hydrogens (tertiary/aromatic N) is 2. The summed E-state index contributed by atoms with van der Waals surface area (Å²) in [4.78, 5) is 18.6. The van der Waals surface area contributed by atoms with Crippen molar-refractivity contribution in [1.82, 2.24) is 15.5 Å². The number of aliphatic imine (C=N–C) groups is 1. The normalized spacial score (nSPS) is 21.7. The number of primary amides is 1. The van der Waals surface area contributed by atoms with Crippen LogP contribution in [0, 0.1) is 5.41 Å². The monoisotopic (exact) mass is 373 g/mol. The fourth-order valence-corrected chi connectivity index (χ4v) is 3.27. The smallest absolute Gasteiger partial charge is 0.224 e. The van der Waals surface area contributed by atoms with Gasteiger partial charge in [-0.05, 0) is 46.1 Å². The number of carbonyl (C=O) groups excluding carboxylic acids is 1. The molecule has 1 amide bonds. The summed E-state index contributed by atoms with van der Waals surface area (Å²) in [5, 5.41) is 6.82. The molecule has 6 nitrogen and oxygen atoms in total. The van der Waals surface area contributed by atoms with E-state index in [1.807, 2.05) is 20.8 Å². The third kappa shape index (κ3) is 6.54. The molecule has 1 aromatic carbocycles. The predicted molar refractivity (Wildman–Crippen MR) is 111 cm³/mol. The lowest BCUT2D eigenvalue weighted by molar-refractivity contribution is -0.125. The fourth-order valence-electron chi connectivity index (χ4n) is 3.27. The summed E-state index contributed by atoms with van der Waals surface area (Å²) in [5.41, 5.74) is 6.17. The fraction of sp³-hybridized carbons (Fsp3) is 0.619. The highest BCUT2D eigenvalue weighted by Crippen LogP contribution is 2.20. The number of amides is 1. The summed E-state index contributed by atoms with van der Waals surface area (Å²) in [7, 11) is 0. The average molecular weight is 374 g/mol. The van der Waals surface area contributed by atoms with E-state index in [-0.39, 0.29) is 5.91 Å². The number of carbonyl (C=O) groups is 1. The first kappa shape index (κ1) is 21.2. The molecule has 27 heavy (non-hydrogen) atoms. The third-order valence-corrected chi connectivity index (χ3v) is 5.23. The third-order valence-electron chi connectivity index (χ3n) is 5.23. The Hall–Kier alpha value is -2.08. The first-order chi connectivity index (χ1) is 12.8. The molecule has 2 rings (SSSR count). The van der Waals surface area contributed by atoms with Gasteiger partial charge in [0.1, 0.15) is 0 Å². The number of guanidine groups is 1. The van der Waals surface area contributed by atoms with Crippen molar-refractivity contribution >= 4 is 11.9 Å². The maximum atomic E-state index is 11.5. The van der Waals surface area contributed by atoms with Crippen molar-refractivity contribution in [2.75, 3.05) is 19.6 Å². The average Bonchev–Trinajstić information content (AvgIpc) is 2.63. The lowest BCUT2D eigenvalue weighted by Gasteiger charge is -2.38. The summed E-state index contributed by atoms with van der Waals surface area (Å²) >= 11 is 0. The quantitative estimate of drug-likeness (QED) is 0.505. The van der Waals surface area contributed by atoms with Crippen LogP contribution in [0.1, 0.15) is 46.1 Å². The molecule has 1 fully saturated rings. The molecule has 0 aromatic heterocycles. The van der Waals surface area contributed by atoms with Gasteiger partial charge in [0.05, 0.1) is 12.0 Å². The van der Waals surface area contributed by atoms with Crippen molar-refractivity contribution in [3.63, 3.8) is 0 Å². The molecule has 2 atom stereocenters. The Morgan fingerprint density at radius 1 is 1.33 bits per heavy atom. The lowest BCUT2D eigenvalue weighted by atomic mass is 9.93. The Balaban J connectivity index is 1.91. The van der Waals surface area contributed by atoms with Gasteiger partial charge in [-0.25, -0.2) is 0 Å². The van der Waals surface area contributed by atoms with Crippen molar-refractivity contribution in [2.45, 2.75) is 59.2 Å². The molecule has 1 aliphatic heterocycles. The standard InChI is InChI=1S/C21H35N5O/c1-5-23-20(24-15-21(3,4)19(22)27)25-18-11-12-26(16(2)13-18)14-17-9-7-6-8-10-17/h6-10,16,18H,5,11-15H2,1-4H3,(H2,22,27)(H2,23,24,25). The molecule has 0 saturated carbocycles. The number of nitrogens with two attached hydrogens (primary N) is 1. The summed E-state index contributed by atoms with van der Waals surface area (Å²) in [6.07, 6.45) is 2.14. The summed E-state index contributed by atoms with van der Waals surface area (Å²) < 4.78 is 0. The maximum absolute atomic E-state index is 11.5. The molecular weight excluding hydrogens is 338 g/mol. The Bertz CT molecular complexity index is 629. The van der Waals surface area contributed by atoms with E-state index in [0.29, 0.717) is 18.6 Å². The Morgan fingerprint density at radius 3 is 2.63 bits per heavy atom. The van der Waals surface area contributed by atoms with Gasteiger partial charge in [0.15, 0.2) is 5.96 Å². The second-order valence-corrected chi connectivity index (χ2v) is 8.11. The molecule has 1 aliphatic rings. The van der Waals surface area contributed by atoms with Gasteiger partial charge >= 0.3 is 0 Å². The van der Waals surface area contributed by atoms with Crippen LogP contribution >= 0.6 is 0 Å². The lowest BCUT2D eigenvalue weighted by Crippen LogP contribution is -2.51. The number of nitrogens with one attached hydrogen (secondary N) is 2. The van der Waals surface area contributed by atoms with Crippen LogP contribution in [-0.4, -0.2) is 48.5 Å². The zero-order valence-electron chi connectivity index (χ0n) is 17.2. The van der Waals surface area contributed by atoms with Gasteiger partial charge in [-0.1, -0.05) is 30.3 Å². The van der Waals surface area contributed by atoms with Gasteiger partial charge in [0.2, 0.25) is 5.91 Å². The Kier molecular flexibility index (Phi) is 7.66. The van der Waals surface area contributed by atoms with E-state index in [2.05, 4.69) is 57.8 Å². The van der Waals surface area contributed by atoms with Crippen molar-refractivity contribution in [3.05, 3.63) is 35.9 Å². The van der Waals surface area contributed by atoms with Gasteiger partial charge in [-0.3, -0.25) is 14.7 Å². The first-order valence-electron chi connectivity index (χ1n) is 9.94. The molecule has 1 saturated heterocycles. The molecule has 4 N–H and O–H groups in total. The minimum atomic E-state index is -0.644. The van der Waals surface area contributed by atoms with E-state index < -0.39 is 5.41 Å². The molecule has 150 valence electrons. The number of likely N-dealkylation sites (tertiary alicyclic amines) is 1. The van der Waals surface area contributed by atoms with Crippen LogP contribution in [0.25, 0.3) is 0 Å². The molecule has 0 aliphatic carbocycles. The van der Waals surface area contributed by atoms with Crippen LogP contribution in [0.15, 0.2) is 35.3 Å². The number of piperidine rings is 1. The SMILES string of the molecule is CCNC(=NCC(C)(C)C(N)=O)NC1CCN(Cc2ccccc2)C(C)C1. The predicted octanol–water partition coefficient (Wildman–Crippen LogP) is 2.11. The van der Waals surface area contributed by atoms with Gasteiger partial charge < -0.3 is 16.4 Å². The minimum Gasteiger partial charge on any atom is -0.369 e. The Morgan fingerprint density at radius 2 is 2.04 bits per heavy atom. The summed E-state index contributed by atoms with van der Waals surface area (Å²) in [5.74, 6) is 0.436. The number of rotatable bonds is 7. The highest BCUT2D eigenvalue weighted by atomic mass is 16.1. The van der Waals surface area contributed by atoms with E-state index >= 15 is 0 Å². The summed E-state index contributed by atoms with van der Waals surface area (Å²) in [6.45, 7) is 11.2. The second-order valence-electron chi connectivity index (χ2n) is 8.11. The van der Waals surface area contributed by atoms with Crippen LogP contribution in [0.2, 0.25) is 0 Å². The van der Waals surface area contributed by atoms with E-state index in [4.69, 9.17) is 5.73 Å². The van der Waals surface area contributed by atoms with Crippen LogP contribution in [0.5, 0.6) is 0 Å². The van der Waals surface area contributed by atoms with Crippen LogP contribution in [-0.2, 0) is 11.3 Å². The van der Waals surface area contributed by atoms with Crippen molar-refractivity contribution < 1.29 is 4.79 Å². The van der Waals surface area contributed by atoms with Gasteiger partial charge in [-0.2, -0.15) is 0 Å². The van der Waals surface area contributed by atoms with E-state index in [1.54, 1.807) is 0 Å². The highest BCUT2D eigenvalue weighted by molar-refractivity contribution is 5.82. The highest BCUT2D eigenvalue weighted by Gasteiger charge is 2.27.